The Labute approximate surface area is 114 Å². The summed E-state index contributed by atoms with van der Waals surface area (Å²) in [6.07, 6.45) is 7.68. The van der Waals surface area contributed by atoms with Crippen LogP contribution in [0.25, 0.3) is 0 Å². The predicted octanol–water partition coefficient (Wildman–Crippen LogP) is 1.28. The lowest BCUT2D eigenvalue weighted by Crippen LogP contribution is -2.47. The highest BCUT2D eigenvalue weighted by Crippen LogP contribution is 2.26. The van der Waals surface area contributed by atoms with Gasteiger partial charge >= 0.3 is 5.97 Å². The lowest BCUT2D eigenvalue weighted by Gasteiger charge is -2.28. The molecule has 1 aliphatic carbocycles. The van der Waals surface area contributed by atoms with Gasteiger partial charge in [-0.2, -0.15) is 0 Å². The molecule has 1 saturated heterocycles. The molecule has 2 fully saturated rings. The minimum Gasteiger partial charge on any atom is -0.480 e. The first-order valence-corrected chi connectivity index (χ1v) is 7.42. The van der Waals surface area contributed by atoms with E-state index in [4.69, 9.17) is 0 Å². The fourth-order valence-electron chi connectivity index (χ4n) is 3.24. The van der Waals surface area contributed by atoms with E-state index >= 15 is 0 Å². The third-order valence-corrected chi connectivity index (χ3v) is 4.30. The normalized spacial score (nSPS) is 26.0. The number of carboxylic acid groups (broad SMARTS) is 1. The van der Waals surface area contributed by atoms with E-state index < -0.39 is 12.0 Å². The van der Waals surface area contributed by atoms with Crippen LogP contribution < -0.4 is 10.6 Å². The summed E-state index contributed by atoms with van der Waals surface area (Å²) in [6, 6.07) is -0.477. The van der Waals surface area contributed by atoms with E-state index in [0.717, 1.165) is 45.1 Å². The van der Waals surface area contributed by atoms with E-state index in [1.807, 2.05) is 0 Å². The maximum absolute atomic E-state index is 11.9. The zero-order chi connectivity index (χ0) is 13.7. The van der Waals surface area contributed by atoms with Crippen molar-refractivity contribution in [2.45, 2.75) is 63.5 Å². The Morgan fingerprint density at radius 2 is 1.89 bits per heavy atom. The molecule has 2 atom stereocenters. The quantitative estimate of drug-likeness (QED) is 0.702. The molecule has 2 rings (SSSR count). The maximum atomic E-state index is 11.9. The van der Waals surface area contributed by atoms with E-state index in [1.165, 1.54) is 6.42 Å². The molecule has 5 heteroatoms. The van der Waals surface area contributed by atoms with Gasteiger partial charge in [-0.1, -0.05) is 19.3 Å². The molecule has 0 bridgehead atoms. The van der Waals surface area contributed by atoms with E-state index in [2.05, 4.69) is 10.6 Å². The molecule has 0 aromatic carbocycles. The van der Waals surface area contributed by atoms with Gasteiger partial charge in [0.15, 0.2) is 0 Å². The van der Waals surface area contributed by atoms with Crippen LogP contribution in [-0.4, -0.2) is 35.6 Å². The van der Waals surface area contributed by atoms with Crippen molar-refractivity contribution in [2.24, 2.45) is 5.92 Å². The highest BCUT2D eigenvalue weighted by Gasteiger charge is 2.31. The van der Waals surface area contributed by atoms with Gasteiger partial charge in [-0.05, 0) is 38.1 Å². The zero-order valence-electron chi connectivity index (χ0n) is 11.4. The standard InChI is InChI=1S/C14H24N2O3/c17-12(9-11-7-4-8-15-11)16-13(14(18)19)10-5-2-1-3-6-10/h10-11,13,15H,1-9H2,(H,16,17)(H,18,19). The number of nitrogens with one attached hydrogen (secondary N) is 2. The van der Waals surface area contributed by atoms with Crippen molar-refractivity contribution >= 4 is 11.9 Å². The van der Waals surface area contributed by atoms with Crippen molar-refractivity contribution in [3.05, 3.63) is 0 Å². The Hall–Kier alpha value is -1.10. The second kappa shape index (κ2) is 6.89. The minimum atomic E-state index is -0.889. The van der Waals surface area contributed by atoms with Crippen LogP contribution in [0.1, 0.15) is 51.4 Å². The van der Waals surface area contributed by atoms with Gasteiger partial charge in [-0.25, -0.2) is 4.79 Å². The van der Waals surface area contributed by atoms with Crippen molar-refractivity contribution in [1.82, 2.24) is 10.6 Å². The first-order valence-electron chi connectivity index (χ1n) is 7.42. The van der Waals surface area contributed by atoms with Crippen LogP contribution >= 0.6 is 0 Å². The molecule has 1 amide bonds. The molecular weight excluding hydrogens is 244 g/mol. The number of rotatable bonds is 5. The van der Waals surface area contributed by atoms with E-state index in [9.17, 15) is 14.7 Å². The molecule has 2 unspecified atom stereocenters. The van der Waals surface area contributed by atoms with Gasteiger partial charge < -0.3 is 15.7 Å². The first kappa shape index (κ1) is 14.3. The zero-order valence-corrected chi connectivity index (χ0v) is 11.4. The minimum absolute atomic E-state index is 0.103. The molecule has 0 spiro atoms. The van der Waals surface area contributed by atoms with Crippen LogP contribution in [0, 0.1) is 5.92 Å². The molecule has 1 heterocycles. The van der Waals surface area contributed by atoms with Crippen molar-refractivity contribution in [3.8, 4) is 0 Å². The summed E-state index contributed by atoms with van der Waals surface area (Å²) in [7, 11) is 0. The molecule has 0 radical (unpaired) electrons. The molecule has 5 nitrogen and oxygen atoms in total. The molecule has 19 heavy (non-hydrogen) atoms. The van der Waals surface area contributed by atoms with Gasteiger partial charge in [0.25, 0.3) is 0 Å². The predicted molar refractivity (Wildman–Crippen MR) is 71.8 cm³/mol. The van der Waals surface area contributed by atoms with Gasteiger partial charge in [0.05, 0.1) is 0 Å². The lowest BCUT2D eigenvalue weighted by atomic mass is 9.84. The molecule has 0 aromatic rings. The average Bonchev–Trinajstić information content (AvgIpc) is 2.89. The Morgan fingerprint density at radius 3 is 2.47 bits per heavy atom. The monoisotopic (exact) mass is 268 g/mol. The fraction of sp³-hybridized carbons (Fsp3) is 0.857. The SMILES string of the molecule is O=C(CC1CCCN1)NC(C(=O)O)C1CCCCC1. The number of hydrogen-bond donors (Lipinski definition) is 3. The summed E-state index contributed by atoms with van der Waals surface area (Å²) in [4.78, 5) is 23.3. The second-order valence-electron chi connectivity index (χ2n) is 5.78. The molecule has 1 saturated carbocycles. The summed E-state index contributed by atoms with van der Waals surface area (Å²) in [5, 5.41) is 15.3. The number of carbonyl (C=O) groups is 2. The summed E-state index contributed by atoms with van der Waals surface area (Å²) < 4.78 is 0. The molecule has 108 valence electrons. The van der Waals surface area contributed by atoms with Gasteiger partial charge in [0.2, 0.25) is 5.91 Å². The third-order valence-electron chi connectivity index (χ3n) is 4.30. The Bertz CT molecular complexity index is 321. The van der Waals surface area contributed by atoms with Crippen LogP contribution in [0.2, 0.25) is 0 Å². The molecule has 1 aliphatic heterocycles. The largest absolute Gasteiger partial charge is 0.480 e. The van der Waals surface area contributed by atoms with Crippen molar-refractivity contribution in [2.75, 3.05) is 6.54 Å². The second-order valence-corrected chi connectivity index (χ2v) is 5.78. The Balaban J connectivity index is 1.84. The average molecular weight is 268 g/mol. The van der Waals surface area contributed by atoms with Gasteiger partial charge in [0.1, 0.15) is 6.04 Å². The summed E-state index contributed by atoms with van der Waals surface area (Å²) in [5.41, 5.74) is 0. The van der Waals surface area contributed by atoms with Crippen LogP contribution in [0.4, 0.5) is 0 Å². The van der Waals surface area contributed by atoms with Crippen molar-refractivity contribution in [1.29, 1.82) is 0 Å². The lowest BCUT2D eigenvalue weighted by molar-refractivity contribution is -0.144. The van der Waals surface area contributed by atoms with Crippen molar-refractivity contribution < 1.29 is 14.7 Å². The van der Waals surface area contributed by atoms with Crippen molar-refractivity contribution in [3.63, 3.8) is 0 Å². The number of carbonyl (C=O) groups excluding carboxylic acids is 1. The van der Waals surface area contributed by atoms with Crippen LogP contribution in [-0.2, 0) is 9.59 Å². The molecule has 2 aliphatic rings. The molecule has 3 N–H and O–H groups in total. The topological polar surface area (TPSA) is 78.4 Å². The summed E-state index contributed by atoms with van der Waals surface area (Å²) >= 11 is 0. The number of aliphatic carboxylic acids is 1. The van der Waals surface area contributed by atoms with Crippen LogP contribution in [0.15, 0.2) is 0 Å². The number of amides is 1. The van der Waals surface area contributed by atoms with Gasteiger partial charge in [-0.3, -0.25) is 4.79 Å². The molecule has 0 aromatic heterocycles. The highest BCUT2D eigenvalue weighted by atomic mass is 16.4. The van der Waals surface area contributed by atoms with E-state index in [0.29, 0.717) is 6.42 Å². The van der Waals surface area contributed by atoms with Crippen LogP contribution in [0.5, 0.6) is 0 Å². The van der Waals surface area contributed by atoms with E-state index in [1.54, 1.807) is 0 Å². The fourth-order valence-corrected chi connectivity index (χ4v) is 3.24. The summed E-state index contributed by atoms with van der Waals surface area (Å²) in [5.74, 6) is -0.913. The Morgan fingerprint density at radius 1 is 1.16 bits per heavy atom. The smallest absolute Gasteiger partial charge is 0.326 e. The highest BCUT2D eigenvalue weighted by molar-refractivity contribution is 5.84. The van der Waals surface area contributed by atoms with Gasteiger partial charge in [0, 0.05) is 12.5 Å². The maximum Gasteiger partial charge on any atom is 0.326 e. The summed E-state index contributed by atoms with van der Waals surface area (Å²) in [6.45, 7) is 0.961. The van der Waals surface area contributed by atoms with E-state index in [-0.39, 0.29) is 17.9 Å². The van der Waals surface area contributed by atoms with Gasteiger partial charge in [-0.15, -0.1) is 0 Å². The van der Waals surface area contributed by atoms with Crippen LogP contribution in [0.3, 0.4) is 0 Å². The molecular formula is C14H24N2O3. The Kier molecular flexibility index (Phi) is 5.19. The number of hydrogen-bond acceptors (Lipinski definition) is 3. The third kappa shape index (κ3) is 4.20. The number of carboxylic acids is 1. The first-order chi connectivity index (χ1) is 9.16.